The smallest absolute Gasteiger partial charge is 0.306 e. The van der Waals surface area contributed by atoms with Crippen molar-refractivity contribution >= 4 is 11.9 Å². The van der Waals surface area contributed by atoms with Gasteiger partial charge in [-0.1, -0.05) is 24.3 Å². The average Bonchev–Trinajstić information content (AvgIpc) is 3.04. The number of benzene rings is 1. The van der Waals surface area contributed by atoms with Crippen molar-refractivity contribution in [2.75, 3.05) is 0 Å². The summed E-state index contributed by atoms with van der Waals surface area (Å²) in [5.74, 6) is -1.04. The van der Waals surface area contributed by atoms with Crippen LogP contribution < -0.4 is 5.32 Å². The number of aliphatic carboxylic acids is 1. The first-order valence-electron chi connectivity index (χ1n) is 7.26. The van der Waals surface area contributed by atoms with Gasteiger partial charge in [-0.15, -0.1) is 0 Å². The van der Waals surface area contributed by atoms with E-state index in [-0.39, 0.29) is 23.8 Å². The molecule has 1 unspecified atom stereocenters. The molecule has 1 saturated carbocycles. The molecular weight excluding hydrogens is 254 g/mol. The zero-order valence-corrected chi connectivity index (χ0v) is 11.3. The number of carboxylic acids is 1. The number of nitrogens with one attached hydrogen (secondary N) is 1. The van der Waals surface area contributed by atoms with Crippen molar-refractivity contribution in [2.45, 2.75) is 44.1 Å². The molecule has 2 aliphatic carbocycles. The summed E-state index contributed by atoms with van der Waals surface area (Å²) < 4.78 is 0. The average molecular weight is 273 g/mol. The second kappa shape index (κ2) is 5.27. The second-order valence-corrected chi connectivity index (χ2v) is 5.84. The van der Waals surface area contributed by atoms with Crippen LogP contribution in [-0.4, -0.2) is 23.0 Å². The molecule has 0 aliphatic heterocycles. The normalized spacial score (nSPS) is 28.1. The number of fused-ring (bicyclic) bond motifs is 1. The summed E-state index contributed by atoms with van der Waals surface area (Å²) in [6, 6.07) is 8.12. The van der Waals surface area contributed by atoms with E-state index in [0.717, 1.165) is 24.8 Å². The standard InChI is InChI=1S/C16H19NO3/c18-15(17-12-7-5-11(9-12)16(19)20)14-8-6-10-3-1-2-4-13(10)14/h1-4,11-12,14H,5-9H2,(H,17,18)(H,19,20)/t11-,12+,14?/m1/s1. The third-order valence-electron chi connectivity index (χ3n) is 4.58. The van der Waals surface area contributed by atoms with Gasteiger partial charge in [-0.25, -0.2) is 0 Å². The maximum absolute atomic E-state index is 12.4. The predicted octanol–water partition coefficient (Wildman–Crippen LogP) is 2.09. The van der Waals surface area contributed by atoms with Crippen LogP contribution in [0.2, 0.25) is 0 Å². The summed E-state index contributed by atoms with van der Waals surface area (Å²) in [5, 5.41) is 12.0. The van der Waals surface area contributed by atoms with Crippen LogP contribution >= 0.6 is 0 Å². The minimum atomic E-state index is -0.743. The first kappa shape index (κ1) is 13.2. The van der Waals surface area contributed by atoms with Gasteiger partial charge in [0.25, 0.3) is 0 Å². The van der Waals surface area contributed by atoms with E-state index in [1.54, 1.807) is 0 Å². The molecule has 4 heteroatoms. The van der Waals surface area contributed by atoms with E-state index in [9.17, 15) is 9.59 Å². The molecule has 1 fully saturated rings. The lowest BCUT2D eigenvalue weighted by Crippen LogP contribution is -2.36. The lowest BCUT2D eigenvalue weighted by Gasteiger charge is -2.17. The van der Waals surface area contributed by atoms with E-state index < -0.39 is 5.97 Å². The molecule has 0 bridgehead atoms. The number of hydrogen-bond donors (Lipinski definition) is 2. The number of carbonyl (C=O) groups is 2. The lowest BCUT2D eigenvalue weighted by molar-refractivity contribution is -0.141. The maximum Gasteiger partial charge on any atom is 0.306 e. The Kier molecular flexibility index (Phi) is 3.47. The van der Waals surface area contributed by atoms with Crippen molar-refractivity contribution < 1.29 is 14.7 Å². The summed E-state index contributed by atoms with van der Waals surface area (Å²) in [6.45, 7) is 0. The monoisotopic (exact) mass is 273 g/mol. The molecule has 3 atom stereocenters. The van der Waals surface area contributed by atoms with Gasteiger partial charge in [0.15, 0.2) is 0 Å². The molecule has 0 heterocycles. The van der Waals surface area contributed by atoms with E-state index in [4.69, 9.17) is 5.11 Å². The van der Waals surface area contributed by atoms with Crippen LogP contribution in [0.15, 0.2) is 24.3 Å². The van der Waals surface area contributed by atoms with Gasteiger partial charge in [-0.05, 0) is 43.2 Å². The fourth-order valence-electron chi connectivity index (χ4n) is 3.47. The number of amides is 1. The first-order chi connectivity index (χ1) is 9.65. The van der Waals surface area contributed by atoms with Crippen LogP contribution in [0.5, 0.6) is 0 Å². The van der Waals surface area contributed by atoms with Crippen molar-refractivity contribution in [3.05, 3.63) is 35.4 Å². The van der Waals surface area contributed by atoms with Crippen molar-refractivity contribution in [1.82, 2.24) is 5.32 Å². The van der Waals surface area contributed by atoms with Crippen LogP contribution in [0, 0.1) is 5.92 Å². The molecule has 0 spiro atoms. The predicted molar refractivity (Wildman–Crippen MR) is 74.4 cm³/mol. The fourth-order valence-corrected chi connectivity index (χ4v) is 3.47. The Morgan fingerprint density at radius 1 is 1.15 bits per heavy atom. The van der Waals surface area contributed by atoms with Gasteiger partial charge in [-0.2, -0.15) is 0 Å². The largest absolute Gasteiger partial charge is 0.481 e. The Hall–Kier alpha value is -1.84. The van der Waals surface area contributed by atoms with E-state index in [1.165, 1.54) is 5.56 Å². The van der Waals surface area contributed by atoms with Crippen LogP contribution in [0.3, 0.4) is 0 Å². The molecule has 1 amide bonds. The number of aryl methyl sites for hydroxylation is 1. The van der Waals surface area contributed by atoms with E-state index in [1.807, 2.05) is 18.2 Å². The number of hydrogen-bond acceptors (Lipinski definition) is 2. The van der Waals surface area contributed by atoms with E-state index in [2.05, 4.69) is 11.4 Å². The minimum absolute atomic E-state index is 0.0244. The highest BCUT2D eigenvalue weighted by molar-refractivity contribution is 5.85. The Balaban J connectivity index is 1.63. The topological polar surface area (TPSA) is 66.4 Å². The van der Waals surface area contributed by atoms with Crippen molar-refractivity contribution in [2.24, 2.45) is 5.92 Å². The summed E-state index contributed by atoms with van der Waals surface area (Å²) >= 11 is 0. The van der Waals surface area contributed by atoms with Gasteiger partial charge in [0.2, 0.25) is 5.91 Å². The molecular formula is C16H19NO3. The molecule has 4 nitrogen and oxygen atoms in total. The van der Waals surface area contributed by atoms with Crippen molar-refractivity contribution in [3.8, 4) is 0 Å². The van der Waals surface area contributed by atoms with Crippen molar-refractivity contribution in [3.63, 3.8) is 0 Å². The van der Waals surface area contributed by atoms with Crippen molar-refractivity contribution in [1.29, 1.82) is 0 Å². The fraction of sp³-hybridized carbons (Fsp3) is 0.500. The molecule has 3 rings (SSSR count). The molecule has 106 valence electrons. The number of carboxylic acid groups (broad SMARTS) is 1. The quantitative estimate of drug-likeness (QED) is 0.886. The van der Waals surface area contributed by atoms with E-state index in [0.29, 0.717) is 12.8 Å². The minimum Gasteiger partial charge on any atom is -0.481 e. The number of rotatable bonds is 3. The lowest BCUT2D eigenvalue weighted by atomic mass is 10.00. The third kappa shape index (κ3) is 2.42. The Bertz CT molecular complexity index is 540. The maximum atomic E-state index is 12.4. The Morgan fingerprint density at radius 2 is 1.95 bits per heavy atom. The highest BCUT2D eigenvalue weighted by Crippen LogP contribution is 2.34. The van der Waals surface area contributed by atoms with Gasteiger partial charge in [0.05, 0.1) is 11.8 Å². The summed E-state index contributed by atoms with van der Waals surface area (Å²) in [7, 11) is 0. The molecule has 0 aromatic heterocycles. The highest BCUT2D eigenvalue weighted by atomic mass is 16.4. The molecule has 0 saturated heterocycles. The zero-order chi connectivity index (χ0) is 14.1. The second-order valence-electron chi connectivity index (χ2n) is 5.84. The van der Waals surface area contributed by atoms with Gasteiger partial charge < -0.3 is 10.4 Å². The van der Waals surface area contributed by atoms with Gasteiger partial charge in [0.1, 0.15) is 0 Å². The van der Waals surface area contributed by atoms with Gasteiger partial charge in [-0.3, -0.25) is 9.59 Å². The zero-order valence-electron chi connectivity index (χ0n) is 11.3. The Labute approximate surface area is 118 Å². The van der Waals surface area contributed by atoms with E-state index >= 15 is 0 Å². The van der Waals surface area contributed by atoms with Crippen LogP contribution in [0.25, 0.3) is 0 Å². The summed E-state index contributed by atoms with van der Waals surface area (Å²) in [5.41, 5.74) is 2.40. The molecule has 1 aromatic rings. The highest BCUT2D eigenvalue weighted by Gasteiger charge is 2.34. The third-order valence-corrected chi connectivity index (χ3v) is 4.58. The van der Waals surface area contributed by atoms with Crippen LogP contribution in [0.4, 0.5) is 0 Å². The summed E-state index contributed by atoms with van der Waals surface area (Å²) in [6.07, 6.45) is 3.82. The van der Waals surface area contributed by atoms with Gasteiger partial charge in [0, 0.05) is 6.04 Å². The molecule has 2 N–H and O–H groups in total. The SMILES string of the molecule is O=C(N[C@H]1CC[C@@H](C(=O)O)C1)C1CCc2ccccc21. The molecule has 2 aliphatic rings. The molecule has 0 radical (unpaired) electrons. The Morgan fingerprint density at radius 3 is 2.70 bits per heavy atom. The summed E-state index contributed by atoms with van der Waals surface area (Å²) in [4.78, 5) is 23.3. The van der Waals surface area contributed by atoms with Crippen LogP contribution in [0.1, 0.15) is 42.7 Å². The first-order valence-corrected chi connectivity index (χ1v) is 7.26. The van der Waals surface area contributed by atoms with Crippen LogP contribution in [-0.2, 0) is 16.0 Å². The van der Waals surface area contributed by atoms with Gasteiger partial charge >= 0.3 is 5.97 Å². The molecule has 1 aromatic carbocycles. The molecule has 20 heavy (non-hydrogen) atoms. The number of carbonyl (C=O) groups excluding carboxylic acids is 1.